The van der Waals surface area contributed by atoms with E-state index in [2.05, 4.69) is 71.0 Å². The lowest BCUT2D eigenvalue weighted by molar-refractivity contribution is -0.335. The van der Waals surface area contributed by atoms with E-state index in [1.165, 1.54) is 5.56 Å². The van der Waals surface area contributed by atoms with Crippen molar-refractivity contribution >= 4 is 5.97 Å². The van der Waals surface area contributed by atoms with E-state index in [0.717, 1.165) is 31.3 Å². The van der Waals surface area contributed by atoms with Crippen LogP contribution in [0.2, 0.25) is 0 Å². The van der Waals surface area contributed by atoms with E-state index in [-0.39, 0.29) is 36.9 Å². The molecule has 2 bridgehead atoms. The van der Waals surface area contributed by atoms with Crippen molar-refractivity contribution in [3.8, 4) is 0 Å². The van der Waals surface area contributed by atoms with Crippen LogP contribution in [0, 0.1) is 17.8 Å². The molecule has 0 aromatic heterocycles. The van der Waals surface area contributed by atoms with Gasteiger partial charge in [0.2, 0.25) is 0 Å². The first-order valence-corrected chi connectivity index (χ1v) is 18.4. The molecule has 1 aromatic rings. The van der Waals surface area contributed by atoms with Crippen molar-refractivity contribution in [2.75, 3.05) is 6.61 Å². The molecule has 0 saturated carbocycles. The lowest BCUT2D eigenvalue weighted by Gasteiger charge is -2.50. The third-order valence-corrected chi connectivity index (χ3v) is 11.5. The second kappa shape index (κ2) is 14.9. The highest BCUT2D eigenvalue weighted by molar-refractivity contribution is 5.78. The minimum Gasteiger partial charge on any atom is -0.462 e. The molecule has 2 N–H and O–H groups in total. The average molecular weight is 677 g/mol. The number of fused-ring (bicyclic) bond motifs is 2. The molecule has 1 spiro atoms. The van der Waals surface area contributed by atoms with E-state index in [1.54, 1.807) is 13.0 Å². The van der Waals surface area contributed by atoms with Gasteiger partial charge < -0.3 is 33.9 Å². The quantitative estimate of drug-likeness (QED) is 0.268. The topological polar surface area (TPSA) is 104 Å². The number of benzene rings is 1. The Labute approximate surface area is 292 Å². The molecule has 268 valence electrons. The van der Waals surface area contributed by atoms with Crippen LogP contribution >= 0.6 is 0 Å². The molecule has 5 aliphatic rings. The number of hydrogen-bond donors (Lipinski definition) is 2. The van der Waals surface area contributed by atoms with Crippen LogP contribution in [0.15, 0.2) is 77.4 Å². The average Bonchev–Trinajstić information content (AvgIpc) is 3.42. The normalized spacial score (nSPS) is 43.3. The molecular weight excluding hydrogens is 620 g/mol. The third kappa shape index (κ3) is 7.56. The van der Waals surface area contributed by atoms with Crippen LogP contribution in [-0.4, -0.2) is 76.9 Å². The largest absolute Gasteiger partial charge is 0.462 e. The maximum Gasteiger partial charge on any atom is 0.316 e. The Hall–Kier alpha value is -2.59. The monoisotopic (exact) mass is 676 g/mol. The summed E-state index contributed by atoms with van der Waals surface area (Å²) in [6.07, 6.45) is 11.7. The lowest BCUT2D eigenvalue weighted by atomic mass is 9.71. The number of rotatable bonds is 5. The summed E-state index contributed by atoms with van der Waals surface area (Å²) in [5.74, 6) is -1.99. The van der Waals surface area contributed by atoms with Crippen LogP contribution in [-0.2, 0) is 34.9 Å². The highest BCUT2D eigenvalue weighted by Gasteiger charge is 2.60. The lowest BCUT2D eigenvalue weighted by Crippen LogP contribution is -2.58. The second-order valence-electron chi connectivity index (χ2n) is 15.3. The summed E-state index contributed by atoms with van der Waals surface area (Å²) in [5, 5.41) is 23.4. The maximum absolute atomic E-state index is 14.1. The van der Waals surface area contributed by atoms with Gasteiger partial charge in [-0.05, 0) is 74.7 Å². The van der Waals surface area contributed by atoms with Crippen LogP contribution in [0.5, 0.6) is 0 Å². The van der Waals surface area contributed by atoms with Crippen molar-refractivity contribution in [1.82, 2.24) is 0 Å². The molecule has 12 atom stereocenters. The summed E-state index contributed by atoms with van der Waals surface area (Å²) in [5.41, 5.74) is 1.71. The molecule has 1 unspecified atom stereocenters. The van der Waals surface area contributed by atoms with Crippen molar-refractivity contribution in [1.29, 1.82) is 0 Å². The third-order valence-electron chi connectivity index (χ3n) is 11.5. The molecule has 0 amide bonds. The van der Waals surface area contributed by atoms with Gasteiger partial charge in [0.1, 0.15) is 29.8 Å². The summed E-state index contributed by atoms with van der Waals surface area (Å²) in [6, 6.07) is 10.4. The van der Waals surface area contributed by atoms with Crippen LogP contribution < -0.4 is 0 Å². The van der Waals surface area contributed by atoms with Gasteiger partial charge >= 0.3 is 5.97 Å². The molecule has 0 radical (unpaired) electrons. The van der Waals surface area contributed by atoms with Crippen molar-refractivity contribution in [3.05, 3.63) is 83.0 Å². The first-order valence-electron chi connectivity index (χ1n) is 18.4. The smallest absolute Gasteiger partial charge is 0.316 e. The van der Waals surface area contributed by atoms with Crippen LogP contribution in [0.4, 0.5) is 0 Å². The molecule has 4 heterocycles. The van der Waals surface area contributed by atoms with E-state index >= 15 is 0 Å². The van der Waals surface area contributed by atoms with E-state index in [4.69, 9.17) is 23.7 Å². The number of aliphatic hydroxyl groups excluding tert-OH is 1. The Balaban J connectivity index is 1.36. The highest BCUT2D eigenvalue weighted by atomic mass is 16.7. The van der Waals surface area contributed by atoms with Crippen LogP contribution in [0.25, 0.3) is 0 Å². The number of carbonyl (C=O) groups excluding carboxylic acids is 1. The maximum atomic E-state index is 14.1. The minimum absolute atomic E-state index is 0.00770. The first kappa shape index (κ1) is 36.2. The Morgan fingerprint density at radius 3 is 2.61 bits per heavy atom. The van der Waals surface area contributed by atoms with Crippen molar-refractivity contribution in [2.45, 2.75) is 141 Å². The zero-order valence-corrected chi connectivity index (χ0v) is 30.0. The molecular formula is C41H56O8. The molecule has 8 nitrogen and oxygen atoms in total. The fraction of sp³-hybridized carbons (Fsp3) is 0.634. The Kier molecular flexibility index (Phi) is 11.0. The first-order chi connectivity index (χ1) is 23.4. The minimum atomic E-state index is -1.75. The highest BCUT2D eigenvalue weighted by Crippen LogP contribution is 2.47. The number of hydrogen-bond acceptors (Lipinski definition) is 8. The SMILES string of the molecule is CC[C@H]1O[C@]2(CC[C@@H]1C)C[C@@H]1C[C@@H](C/C=C(\C)[C@H](OC(C)Cc3ccccc3)[C@@H](C)/C=C/C=C3\CO[C@H]4[C@H](O)C(C)=C[C@@H](C(=O)O1)[C@]34O)O2. The van der Waals surface area contributed by atoms with Gasteiger partial charge in [0, 0.05) is 25.2 Å². The molecule has 1 aliphatic carbocycles. The summed E-state index contributed by atoms with van der Waals surface area (Å²) in [7, 11) is 0. The molecule has 8 heteroatoms. The number of ether oxygens (including phenoxy) is 5. The summed E-state index contributed by atoms with van der Waals surface area (Å²) >= 11 is 0. The fourth-order valence-corrected chi connectivity index (χ4v) is 8.64. The van der Waals surface area contributed by atoms with Gasteiger partial charge in [0.15, 0.2) is 5.79 Å². The number of aliphatic hydroxyl groups is 2. The summed E-state index contributed by atoms with van der Waals surface area (Å²) in [4.78, 5) is 14.1. The van der Waals surface area contributed by atoms with Crippen molar-refractivity contribution < 1.29 is 38.7 Å². The fourth-order valence-electron chi connectivity index (χ4n) is 8.64. The van der Waals surface area contributed by atoms with Crippen LogP contribution in [0.1, 0.15) is 85.6 Å². The molecule has 6 rings (SSSR count). The molecule has 4 aliphatic heterocycles. The predicted octanol–water partition coefficient (Wildman–Crippen LogP) is 6.55. The number of carbonyl (C=O) groups is 1. The second-order valence-corrected chi connectivity index (χ2v) is 15.3. The summed E-state index contributed by atoms with van der Waals surface area (Å²) < 4.78 is 32.7. The zero-order valence-electron chi connectivity index (χ0n) is 30.0. The number of allylic oxidation sites excluding steroid dienone is 2. The zero-order chi connectivity index (χ0) is 34.9. The van der Waals surface area contributed by atoms with Gasteiger partial charge in [0.25, 0.3) is 0 Å². The molecule has 1 aromatic carbocycles. The predicted molar refractivity (Wildman–Crippen MR) is 187 cm³/mol. The number of esters is 1. The van der Waals surface area contributed by atoms with Gasteiger partial charge in [-0.3, -0.25) is 4.79 Å². The Morgan fingerprint density at radius 2 is 1.86 bits per heavy atom. The van der Waals surface area contributed by atoms with Crippen molar-refractivity contribution in [3.63, 3.8) is 0 Å². The molecule has 3 fully saturated rings. The van der Waals surface area contributed by atoms with E-state index in [0.29, 0.717) is 36.3 Å². The van der Waals surface area contributed by atoms with Gasteiger partial charge in [-0.1, -0.05) is 81.5 Å². The Bertz CT molecular complexity index is 1450. The van der Waals surface area contributed by atoms with Crippen molar-refractivity contribution in [2.24, 2.45) is 17.8 Å². The van der Waals surface area contributed by atoms with Gasteiger partial charge in [0.05, 0.1) is 31.0 Å². The van der Waals surface area contributed by atoms with Gasteiger partial charge in [-0.25, -0.2) is 0 Å². The van der Waals surface area contributed by atoms with E-state index in [9.17, 15) is 15.0 Å². The standard InChI is InChI=1S/C41H56O8/c1-7-35-25(2)18-19-40(49-35)23-33-22-32(48-40)17-16-27(4)37(46-29(6)21-30-13-9-8-10-14-30)26(3)12-11-15-31-24-45-38-36(42)28(5)20-34(39(43)47-33)41(31,38)44/h8-16,20,25-26,29,32-38,42,44H,7,17-19,21-24H2,1-6H3/b12-11+,27-16+,31-15+/t25-,26-,29?,32+,33-,34-,35+,36+,37+,38-,40+,41+/m0/s1. The van der Waals surface area contributed by atoms with Gasteiger partial charge in [-0.15, -0.1) is 0 Å². The van der Waals surface area contributed by atoms with Crippen LogP contribution in [0.3, 0.4) is 0 Å². The summed E-state index contributed by atoms with van der Waals surface area (Å²) in [6.45, 7) is 12.6. The van der Waals surface area contributed by atoms with Gasteiger partial charge in [-0.2, -0.15) is 0 Å². The molecule has 49 heavy (non-hydrogen) atoms. The van der Waals surface area contributed by atoms with E-state index < -0.39 is 41.6 Å². The van der Waals surface area contributed by atoms with E-state index in [1.807, 2.05) is 18.2 Å². The Morgan fingerprint density at radius 1 is 1.08 bits per heavy atom. The molecule has 3 saturated heterocycles.